The van der Waals surface area contributed by atoms with E-state index in [0.717, 1.165) is 18.6 Å². The van der Waals surface area contributed by atoms with Gasteiger partial charge in [0.1, 0.15) is 5.75 Å². The Labute approximate surface area is 134 Å². The van der Waals surface area contributed by atoms with Gasteiger partial charge in [-0.25, -0.2) is 0 Å². The molecule has 0 saturated carbocycles. The highest BCUT2D eigenvalue weighted by Gasteiger charge is 2.14. The van der Waals surface area contributed by atoms with Crippen molar-refractivity contribution in [3.8, 4) is 5.75 Å². The van der Waals surface area contributed by atoms with Gasteiger partial charge in [0.05, 0.1) is 6.61 Å². The molecule has 0 aromatic heterocycles. The van der Waals surface area contributed by atoms with E-state index in [9.17, 15) is 4.79 Å². The highest BCUT2D eigenvalue weighted by atomic mass is 16.5. The Morgan fingerprint density at radius 1 is 1.18 bits per heavy atom. The van der Waals surface area contributed by atoms with Crippen LogP contribution in [0.5, 0.6) is 5.75 Å². The monoisotopic (exact) mass is 303 g/mol. The Morgan fingerprint density at radius 3 is 2.27 bits per heavy atom. The number of hydrogen-bond donors (Lipinski definition) is 1. The first-order chi connectivity index (χ1) is 10.5. The van der Waals surface area contributed by atoms with Crippen molar-refractivity contribution in [2.75, 3.05) is 13.2 Å². The molecule has 0 unspecified atom stereocenters. The Bertz CT molecular complexity index is 466. The molecule has 0 aliphatic heterocycles. The third kappa shape index (κ3) is 5.55. The van der Waals surface area contributed by atoms with Gasteiger partial charge in [-0.1, -0.05) is 52.5 Å². The van der Waals surface area contributed by atoms with Crippen LogP contribution in [0.2, 0.25) is 0 Å². The van der Waals surface area contributed by atoms with Crippen LogP contribution in [-0.4, -0.2) is 19.1 Å². The van der Waals surface area contributed by atoms with Crippen molar-refractivity contribution in [3.63, 3.8) is 0 Å². The normalized spacial score (nSPS) is 10.8. The second-order valence-electron chi connectivity index (χ2n) is 6.13. The number of nitrogens with one attached hydrogen (secondary N) is 1. The summed E-state index contributed by atoms with van der Waals surface area (Å²) < 4.78 is 6.09. The summed E-state index contributed by atoms with van der Waals surface area (Å²) in [5.41, 5.74) is 2.54. The van der Waals surface area contributed by atoms with Crippen molar-refractivity contribution in [2.45, 2.75) is 52.4 Å². The summed E-state index contributed by atoms with van der Waals surface area (Å²) in [6, 6.07) is 6.41. The van der Waals surface area contributed by atoms with Crippen LogP contribution < -0.4 is 10.1 Å². The van der Waals surface area contributed by atoms with Crippen LogP contribution in [-0.2, 0) is 4.79 Å². The van der Waals surface area contributed by atoms with Crippen molar-refractivity contribution in [1.82, 2.24) is 5.32 Å². The molecule has 0 spiro atoms. The zero-order valence-corrected chi connectivity index (χ0v) is 14.3. The molecule has 0 fully saturated rings. The molecule has 0 radical (unpaired) electrons. The second kappa shape index (κ2) is 9.29. The van der Waals surface area contributed by atoms with E-state index >= 15 is 0 Å². The van der Waals surface area contributed by atoms with Gasteiger partial charge in [0.2, 0.25) is 5.91 Å². The molecule has 3 nitrogen and oxygen atoms in total. The van der Waals surface area contributed by atoms with E-state index in [2.05, 4.69) is 57.8 Å². The van der Waals surface area contributed by atoms with Gasteiger partial charge in [-0.05, 0) is 41.9 Å². The lowest BCUT2D eigenvalue weighted by atomic mass is 9.94. The fourth-order valence-corrected chi connectivity index (χ4v) is 2.33. The summed E-state index contributed by atoms with van der Waals surface area (Å²) in [7, 11) is 0. The Hall–Kier alpha value is -1.77. The van der Waals surface area contributed by atoms with E-state index in [4.69, 9.17) is 4.74 Å². The average molecular weight is 303 g/mol. The molecule has 22 heavy (non-hydrogen) atoms. The topological polar surface area (TPSA) is 38.3 Å². The van der Waals surface area contributed by atoms with Crippen LogP contribution in [0.15, 0.2) is 30.9 Å². The largest absolute Gasteiger partial charge is 0.493 e. The van der Waals surface area contributed by atoms with Crippen molar-refractivity contribution in [1.29, 1.82) is 0 Å². The summed E-state index contributed by atoms with van der Waals surface area (Å²) in [5, 5.41) is 2.78. The number of rotatable bonds is 9. The molecule has 1 aromatic carbocycles. The van der Waals surface area contributed by atoms with Crippen molar-refractivity contribution in [3.05, 3.63) is 42.0 Å². The average Bonchev–Trinajstić information content (AvgIpc) is 2.49. The zero-order chi connectivity index (χ0) is 16.5. The minimum absolute atomic E-state index is 0.117. The molecule has 122 valence electrons. The van der Waals surface area contributed by atoms with Gasteiger partial charge < -0.3 is 10.1 Å². The van der Waals surface area contributed by atoms with Gasteiger partial charge in [-0.15, -0.1) is 0 Å². The number of unbranched alkanes of at least 4 members (excludes halogenated alkanes) is 1. The highest BCUT2D eigenvalue weighted by Crippen LogP contribution is 2.34. The van der Waals surface area contributed by atoms with Crippen molar-refractivity contribution >= 4 is 5.91 Å². The Morgan fingerprint density at radius 2 is 1.77 bits per heavy atom. The summed E-state index contributed by atoms with van der Waals surface area (Å²) in [4.78, 5) is 11.0. The number of hydrogen-bond acceptors (Lipinski definition) is 2. The van der Waals surface area contributed by atoms with E-state index in [1.807, 2.05) is 0 Å². The van der Waals surface area contributed by atoms with E-state index in [0.29, 0.717) is 25.0 Å². The molecule has 3 heteroatoms. The molecule has 0 aliphatic carbocycles. The van der Waals surface area contributed by atoms with Gasteiger partial charge in [-0.2, -0.15) is 0 Å². The lowest BCUT2D eigenvalue weighted by molar-refractivity contribution is -0.116. The van der Waals surface area contributed by atoms with E-state index in [1.54, 1.807) is 0 Å². The molecule has 1 N–H and O–H groups in total. The number of para-hydroxylation sites is 1. The maximum atomic E-state index is 11.0. The number of carbonyl (C=O) groups excluding carboxylic acids is 1. The molecule has 1 amide bonds. The number of benzene rings is 1. The third-order valence-corrected chi connectivity index (χ3v) is 3.62. The predicted octanol–water partition coefficient (Wildman–Crippen LogP) is 4.39. The Balaban J connectivity index is 2.57. The first-order valence-electron chi connectivity index (χ1n) is 8.13. The van der Waals surface area contributed by atoms with E-state index in [1.165, 1.54) is 17.2 Å². The fourth-order valence-electron chi connectivity index (χ4n) is 2.33. The standard InChI is InChI=1S/C19H29NO2/c1-6-18(21)20-12-7-8-13-22-19-16(14(2)3)10-9-11-17(19)15(4)5/h6,9-11,14-15H,1,7-8,12-13H2,2-5H3,(H,20,21). The first kappa shape index (κ1) is 18.3. The van der Waals surface area contributed by atoms with Gasteiger partial charge in [0, 0.05) is 6.54 Å². The molecular weight excluding hydrogens is 274 g/mol. The maximum absolute atomic E-state index is 11.0. The highest BCUT2D eigenvalue weighted by molar-refractivity contribution is 5.86. The smallest absolute Gasteiger partial charge is 0.243 e. The fraction of sp³-hybridized carbons (Fsp3) is 0.526. The van der Waals surface area contributed by atoms with Gasteiger partial charge in [0.25, 0.3) is 0 Å². The maximum Gasteiger partial charge on any atom is 0.243 e. The van der Waals surface area contributed by atoms with Crippen LogP contribution in [0.25, 0.3) is 0 Å². The number of amides is 1. The minimum Gasteiger partial charge on any atom is -0.493 e. The quantitative estimate of drug-likeness (QED) is 0.542. The molecule has 1 aromatic rings. The lowest BCUT2D eigenvalue weighted by Gasteiger charge is -2.20. The number of ether oxygens (including phenoxy) is 1. The number of carbonyl (C=O) groups is 1. The molecule has 0 saturated heterocycles. The third-order valence-electron chi connectivity index (χ3n) is 3.62. The minimum atomic E-state index is -0.117. The van der Waals surface area contributed by atoms with E-state index < -0.39 is 0 Å². The summed E-state index contributed by atoms with van der Waals surface area (Å²) >= 11 is 0. The second-order valence-corrected chi connectivity index (χ2v) is 6.13. The predicted molar refractivity (Wildman–Crippen MR) is 92.6 cm³/mol. The van der Waals surface area contributed by atoms with Crippen molar-refractivity contribution in [2.24, 2.45) is 0 Å². The van der Waals surface area contributed by atoms with Crippen LogP contribution in [0.3, 0.4) is 0 Å². The molecule has 0 bridgehead atoms. The molecular formula is C19H29NO2. The van der Waals surface area contributed by atoms with Gasteiger partial charge in [-0.3, -0.25) is 4.79 Å². The zero-order valence-electron chi connectivity index (χ0n) is 14.3. The van der Waals surface area contributed by atoms with Gasteiger partial charge in [0.15, 0.2) is 0 Å². The summed E-state index contributed by atoms with van der Waals surface area (Å²) in [6.07, 6.45) is 3.12. The molecule has 0 aliphatic rings. The van der Waals surface area contributed by atoms with Crippen molar-refractivity contribution < 1.29 is 9.53 Å². The molecule has 1 rings (SSSR count). The van der Waals surface area contributed by atoms with E-state index in [-0.39, 0.29) is 5.91 Å². The summed E-state index contributed by atoms with van der Waals surface area (Å²) in [6.45, 7) is 13.5. The van der Waals surface area contributed by atoms with Crippen LogP contribution in [0.1, 0.15) is 63.5 Å². The van der Waals surface area contributed by atoms with Crippen LogP contribution in [0, 0.1) is 0 Å². The molecule has 0 heterocycles. The van der Waals surface area contributed by atoms with Gasteiger partial charge >= 0.3 is 0 Å². The molecule has 0 atom stereocenters. The summed E-state index contributed by atoms with van der Waals surface area (Å²) in [5.74, 6) is 1.82. The van der Waals surface area contributed by atoms with Crippen LogP contribution in [0.4, 0.5) is 0 Å². The lowest BCUT2D eigenvalue weighted by Crippen LogP contribution is -2.22. The SMILES string of the molecule is C=CC(=O)NCCCCOc1c(C(C)C)cccc1C(C)C. The Kier molecular flexibility index (Phi) is 7.72. The van der Waals surface area contributed by atoms with Crippen LogP contribution >= 0.6 is 0 Å². The first-order valence-corrected chi connectivity index (χ1v) is 8.13.